The molecule has 2 N–H and O–H groups in total. The second-order valence-corrected chi connectivity index (χ2v) is 4.94. The van der Waals surface area contributed by atoms with E-state index in [1.54, 1.807) is 0 Å². The molecule has 0 atom stereocenters. The lowest BCUT2D eigenvalue weighted by molar-refractivity contribution is -0.00593. The summed E-state index contributed by atoms with van der Waals surface area (Å²) in [5.41, 5.74) is -0.403. The minimum atomic E-state index is -0.403. The molecule has 1 aliphatic rings. The molecule has 14 heavy (non-hydrogen) atoms. The third kappa shape index (κ3) is 3.97. The number of rotatable bonds is 5. The zero-order valence-electron chi connectivity index (χ0n) is 9.68. The fourth-order valence-electron chi connectivity index (χ4n) is 2.10. The lowest BCUT2D eigenvalue weighted by atomic mass is 9.79. The number of hydrogen-bond acceptors (Lipinski definition) is 2. The average Bonchev–Trinajstić information content (AvgIpc) is 2.18. The Bertz CT molecular complexity index is 150. The number of aliphatic hydroxyl groups is 1. The van der Waals surface area contributed by atoms with Gasteiger partial charge in [0.2, 0.25) is 0 Å². The molecule has 1 fully saturated rings. The first-order valence-electron chi connectivity index (χ1n) is 6.09. The molecule has 2 heteroatoms. The summed E-state index contributed by atoms with van der Waals surface area (Å²) < 4.78 is 0. The molecule has 1 saturated carbocycles. The van der Waals surface area contributed by atoms with E-state index in [4.69, 9.17) is 0 Å². The van der Waals surface area contributed by atoms with E-state index in [9.17, 15) is 5.11 Å². The zero-order valence-corrected chi connectivity index (χ0v) is 9.68. The Balaban J connectivity index is 2.15. The van der Waals surface area contributed by atoms with Crippen molar-refractivity contribution in [3.63, 3.8) is 0 Å². The summed E-state index contributed by atoms with van der Waals surface area (Å²) in [6.07, 6.45) is 6.77. The molecule has 1 aliphatic carbocycles. The van der Waals surface area contributed by atoms with Crippen LogP contribution in [0, 0.1) is 5.92 Å². The highest BCUT2D eigenvalue weighted by Gasteiger charge is 2.30. The van der Waals surface area contributed by atoms with Gasteiger partial charge in [-0.2, -0.15) is 0 Å². The third-order valence-electron chi connectivity index (χ3n) is 3.37. The van der Waals surface area contributed by atoms with Crippen molar-refractivity contribution in [2.45, 2.75) is 58.0 Å². The standard InChI is InChI=1S/C12H25NO/c1-3-4-9-13-10-12(14)7-5-11(2)6-8-12/h11,13-14H,3-10H2,1-2H3. The summed E-state index contributed by atoms with van der Waals surface area (Å²) in [7, 11) is 0. The predicted molar refractivity (Wildman–Crippen MR) is 60.4 cm³/mol. The van der Waals surface area contributed by atoms with Gasteiger partial charge in [0.05, 0.1) is 5.60 Å². The van der Waals surface area contributed by atoms with Gasteiger partial charge in [-0.15, -0.1) is 0 Å². The summed E-state index contributed by atoms with van der Waals surface area (Å²) in [5.74, 6) is 0.811. The molecule has 0 bridgehead atoms. The lowest BCUT2D eigenvalue weighted by Gasteiger charge is -2.35. The van der Waals surface area contributed by atoms with Crippen LogP contribution in [0.1, 0.15) is 52.4 Å². The van der Waals surface area contributed by atoms with Gasteiger partial charge in [-0.05, 0) is 44.6 Å². The summed E-state index contributed by atoms with van der Waals surface area (Å²) in [6, 6.07) is 0. The SMILES string of the molecule is CCCCNCC1(O)CCC(C)CC1. The van der Waals surface area contributed by atoms with Gasteiger partial charge in [-0.3, -0.25) is 0 Å². The summed E-state index contributed by atoms with van der Waals surface area (Å²) >= 11 is 0. The van der Waals surface area contributed by atoms with Crippen LogP contribution in [0.15, 0.2) is 0 Å². The Hall–Kier alpha value is -0.0800. The minimum Gasteiger partial charge on any atom is -0.389 e. The maximum Gasteiger partial charge on any atom is 0.0771 e. The first kappa shape index (κ1) is 12.0. The van der Waals surface area contributed by atoms with Crippen molar-refractivity contribution in [2.24, 2.45) is 5.92 Å². The summed E-state index contributed by atoms with van der Waals surface area (Å²) in [5, 5.41) is 13.6. The molecule has 0 amide bonds. The van der Waals surface area contributed by atoms with Gasteiger partial charge < -0.3 is 10.4 Å². The van der Waals surface area contributed by atoms with Crippen molar-refractivity contribution in [3.05, 3.63) is 0 Å². The largest absolute Gasteiger partial charge is 0.389 e. The molecule has 0 spiro atoms. The first-order valence-corrected chi connectivity index (χ1v) is 6.09. The highest BCUT2D eigenvalue weighted by Crippen LogP contribution is 2.31. The van der Waals surface area contributed by atoms with Crippen molar-refractivity contribution < 1.29 is 5.11 Å². The molecule has 0 unspecified atom stereocenters. The van der Waals surface area contributed by atoms with Crippen LogP contribution in [0.2, 0.25) is 0 Å². The summed E-state index contributed by atoms with van der Waals surface area (Å²) in [4.78, 5) is 0. The van der Waals surface area contributed by atoms with Gasteiger partial charge in [0.1, 0.15) is 0 Å². The van der Waals surface area contributed by atoms with Crippen molar-refractivity contribution in [3.8, 4) is 0 Å². The van der Waals surface area contributed by atoms with Gasteiger partial charge in [0, 0.05) is 6.54 Å². The van der Waals surface area contributed by atoms with E-state index in [1.807, 2.05) is 0 Å². The van der Waals surface area contributed by atoms with Crippen LogP contribution in [-0.4, -0.2) is 23.8 Å². The van der Waals surface area contributed by atoms with Gasteiger partial charge >= 0.3 is 0 Å². The van der Waals surface area contributed by atoms with E-state index in [0.717, 1.165) is 31.8 Å². The predicted octanol–water partition coefficient (Wildman–Crippen LogP) is 2.32. The topological polar surface area (TPSA) is 32.3 Å². The van der Waals surface area contributed by atoms with Crippen LogP contribution < -0.4 is 5.32 Å². The fourth-order valence-corrected chi connectivity index (χ4v) is 2.10. The monoisotopic (exact) mass is 199 g/mol. The smallest absolute Gasteiger partial charge is 0.0771 e. The Morgan fingerprint density at radius 2 is 2.00 bits per heavy atom. The van der Waals surface area contributed by atoms with E-state index in [1.165, 1.54) is 25.7 Å². The van der Waals surface area contributed by atoms with Crippen molar-refractivity contribution in [1.82, 2.24) is 5.32 Å². The van der Waals surface area contributed by atoms with Crippen LogP contribution in [0.3, 0.4) is 0 Å². The quantitative estimate of drug-likeness (QED) is 0.666. The molecule has 0 aromatic rings. The molecular formula is C12H25NO. The molecule has 2 nitrogen and oxygen atoms in total. The van der Waals surface area contributed by atoms with Crippen LogP contribution in [-0.2, 0) is 0 Å². The lowest BCUT2D eigenvalue weighted by Crippen LogP contribution is -2.43. The Labute approximate surface area is 88.1 Å². The van der Waals surface area contributed by atoms with Gasteiger partial charge in [-0.25, -0.2) is 0 Å². The van der Waals surface area contributed by atoms with Crippen LogP contribution >= 0.6 is 0 Å². The van der Waals surface area contributed by atoms with Gasteiger partial charge in [-0.1, -0.05) is 20.3 Å². The molecule has 0 heterocycles. The maximum absolute atomic E-state index is 10.2. The van der Waals surface area contributed by atoms with E-state index < -0.39 is 5.60 Å². The normalized spacial score (nSPS) is 33.2. The Morgan fingerprint density at radius 1 is 1.36 bits per heavy atom. The molecule has 0 saturated heterocycles. The van der Waals surface area contributed by atoms with Crippen molar-refractivity contribution >= 4 is 0 Å². The molecule has 0 aliphatic heterocycles. The highest BCUT2D eigenvalue weighted by atomic mass is 16.3. The van der Waals surface area contributed by atoms with Crippen molar-refractivity contribution in [2.75, 3.05) is 13.1 Å². The van der Waals surface area contributed by atoms with Crippen LogP contribution in [0.4, 0.5) is 0 Å². The minimum absolute atomic E-state index is 0.403. The maximum atomic E-state index is 10.2. The molecule has 1 rings (SSSR count). The second kappa shape index (κ2) is 5.72. The number of nitrogens with one attached hydrogen (secondary N) is 1. The fraction of sp³-hybridized carbons (Fsp3) is 1.00. The van der Waals surface area contributed by atoms with E-state index in [-0.39, 0.29) is 0 Å². The highest BCUT2D eigenvalue weighted by molar-refractivity contribution is 4.86. The van der Waals surface area contributed by atoms with Crippen LogP contribution in [0.25, 0.3) is 0 Å². The van der Waals surface area contributed by atoms with Crippen molar-refractivity contribution in [1.29, 1.82) is 0 Å². The molecule has 84 valence electrons. The van der Waals surface area contributed by atoms with Gasteiger partial charge in [0.15, 0.2) is 0 Å². The number of unbranched alkanes of at least 4 members (excludes halogenated alkanes) is 1. The average molecular weight is 199 g/mol. The molecule has 0 aromatic heterocycles. The van der Waals surface area contributed by atoms with E-state index >= 15 is 0 Å². The Kier molecular flexibility index (Phi) is 4.90. The van der Waals surface area contributed by atoms with E-state index in [2.05, 4.69) is 19.2 Å². The molecular weight excluding hydrogens is 174 g/mol. The molecule has 0 aromatic carbocycles. The number of hydrogen-bond donors (Lipinski definition) is 2. The van der Waals surface area contributed by atoms with Gasteiger partial charge in [0.25, 0.3) is 0 Å². The van der Waals surface area contributed by atoms with E-state index in [0.29, 0.717) is 0 Å². The molecule has 0 radical (unpaired) electrons. The first-order chi connectivity index (χ1) is 6.66. The summed E-state index contributed by atoms with van der Waals surface area (Å²) in [6.45, 7) is 6.32. The van der Waals surface area contributed by atoms with Crippen LogP contribution in [0.5, 0.6) is 0 Å². The second-order valence-electron chi connectivity index (χ2n) is 4.94. The third-order valence-corrected chi connectivity index (χ3v) is 3.37. The Morgan fingerprint density at radius 3 is 2.57 bits per heavy atom. The zero-order chi connectivity index (χ0) is 10.4.